The number of aryl methyl sites for hydroxylation is 2. The summed E-state index contributed by atoms with van der Waals surface area (Å²) < 4.78 is 0. The van der Waals surface area contributed by atoms with Crippen molar-refractivity contribution in [3.05, 3.63) is 65.5 Å². The van der Waals surface area contributed by atoms with Crippen LogP contribution in [0.4, 0.5) is 0 Å². The molecule has 0 amide bonds. The van der Waals surface area contributed by atoms with Gasteiger partial charge in [0.1, 0.15) is 0 Å². The van der Waals surface area contributed by atoms with Crippen LogP contribution in [0.2, 0.25) is 0 Å². The summed E-state index contributed by atoms with van der Waals surface area (Å²) in [7, 11) is 0. The summed E-state index contributed by atoms with van der Waals surface area (Å²) in [6, 6.07) is 12.6. The topological polar surface area (TPSA) is 38.9 Å². The van der Waals surface area contributed by atoms with E-state index in [4.69, 9.17) is 5.73 Å². The fraction of sp³-hybridized carbons (Fsp3) is 0.267. The zero-order chi connectivity index (χ0) is 12.1. The van der Waals surface area contributed by atoms with Gasteiger partial charge in [-0.1, -0.05) is 35.9 Å². The molecule has 1 atom stereocenters. The molecule has 0 aliphatic carbocycles. The summed E-state index contributed by atoms with van der Waals surface area (Å²) >= 11 is 0. The molecule has 0 bridgehead atoms. The van der Waals surface area contributed by atoms with Gasteiger partial charge in [-0.2, -0.15) is 0 Å². The fourth-order valence-electron chi connectivity index (χ4n) is 1.94. The van der Waals surface area contributed by atoms with Crippen molar-refractivity contribution in [1.29, 1.82) is 0 Å². The molecule has 0 saturated carbocycles. The summed E-state index contributed by atoms with van der Waals surface area (Å²) in [4.78, 5) is 4.11. The van der Waals surface area contributed by atoms with E-state index in [1.54, 1.807) is 6.20 Å². The van der Waals surface area contributed by atoms with Crippen LogP contribution in [-0.4, -0.2) is 4.98 Å². The summed E-state index contributed by atoms with van der Waals surface area (Å²) in [6.07, 6.45) is 5.63. The minimum absolute atomic E-state index is 0.107. The number of rotatable bonds is 4. The lowest BCUT2D eigenvalue weighted by Crippen LogP contribution is -2.11. The van der Waals surface area contributed by atoms with Gasteiger partial charge in [-0.15, -0.1) is 0 Å². The second-order valence-electron chi connectivity index (χ2n) is 4.42. The largest absolute Gasteiger partial charge is 0.324 e. The Bertz CT molecular complexity index is 465. The molecule has 0 saturated heterocycles. The smallest absolute Gasteiger partial charge is 0.0299 e. The van der Waals surface area contributed by atoms with Gasteiger partial charge in [0.05, 0.1) is 0 Å². The van der Waals surface area contributed by atoms with Gasteiger partial charge >= 0.3 is 0 Å². The van der Waals surface area contributed by atoms with Crippen molar-refractivity contribution >= 4 is 0 Å². The molecule has 2 N–H and O–H groups in total. The predicted octanol–water partition coefficient (Wildman–Crippen LogP) is 3.02. The van der Waals surface area contributed by atoms with Gasteiger partial charge in [-0.25, -0.2) is 0 Å². The normalized spacial score (nSPS) is 12.4. The van der Waals surface area contributed by atoms with Crippen LogP contribution in [0, 0.1) is 6.92 Å². The average Bonchev–Trinajstić information content (AvgIpc) is 2.37. The third kappa shape index (κ3) is 3.40. The second kappa shape index (κ2) is 5.60. The van der Waals surface area contributed by atoms with E-state index in [-0.39, 0.29) is 6.04 Å². The van der Waals surface area contributed by atoms with E-state index in [9.17, 15) is 0 Å². The SMILES string of the molecule is Cc1cccc(C(N)CCc2cccnc2)c1. The molecule has 2 heteroatoms. The summed E-state index contributed by atoms with van der Waals surface area (Å²) in [5, 5.41) is 0. The first-order valence-corrected chi connectivity index (χ1v) is 5.97. The predicted molar refractivity (Wildman–Crippen MR) is 70.7 cm³/mol. The molecule has 0 aliphatic heterocycles. The van der Waals surface area contributed by atoms with E-state index in [0.29, 0.717) is 0 Å². The Morgan fingerprint density at radius 3 is 2.82 bits per heavy atom. The van der Waals surface area contributed by atoms with Crippen molar-refractivity contribution in [1.82, 2.24) is 4.98 Å². The van der Waals surface area contributed by atoms with Crippen LogP contribution >= 0.6 is 0 Å². The van der Waals surface area contributed by atoms with Crippen molar-refractivity contribution in [3.8, 4) is 0 Å². The Kier molecular flexibility index (Phi) is 3.89. The standard InChI is InChI=1S/C15H18N2/c1-12-4-2-6-14(10-12)15(16)8-7-13-5-3-9-17-11-13/h2-6,9-11,15H,7-8,16H2,1H3. The molecule has 1 aromatic heterocycles. The quantitative estimate of drug-likeness (QED) is 0.870. The maximum atomic E-state index is 6.19. The molecule has 0 spiro atoms. The van der Waals surface area contributed by atoms with Gasteiger partial charge in [0, 0.05) is 18.4 Å². The van der Waals surface area contributed by atoms with Crippen molar-refractivity contribution < 1.29 is 0 Å². The van der Waals surface area contributed by atoms with Crippen LogP contribution in [0.1, 0.15) is 29.2 Å². The molecular weight excluding hydrogens is 208 g/mol. The van der Waals surface area contributed by atoms with Gasteiger partial charge in [-0.3, -0.25) is 4.98 Å². The maximum absolute atomic E-state index is 6.19. The number of benzene rings is 1. The second-order valence-corrected chi connectivity index (χ2v) is 4.42. The Hall–Kier alpha value is -1.67. The molecule has 2 rings (SSSR count). The molecule has 1 aromatic carbocycles. The highest BCUT2D eigenvalue weighted by atomic mass is 14.6. The lowest BCUT2D eigenvalue weighted by Gasteiger charge is -2.12. The summed E-state index contributed by atoms with van der Waals surface area (Å²) in [5.74, 6) is 0. The van der Waals surface area contributed by atoms with Gasteiger partial charge < -0.3 is 5.73 Å². The number of hydrogen-bond acceptors (Lipinski definition) is 2. The van der Waals surface area contributed by atoms with E-state index in [1.165, 1.54) is 16.7 Å². The molecule has 0 aliphatic rings. The lowest BCUT2D eigenvalue weighted by molar-refractivity contribution is 0.650. The van der Waals surface area contributed by atoms with Gasteiger partial charge in [0.2, 0.25) is 0 Å². The Morgan fingerprint density at radius 1 is 1.24 bits per heavy atom. The molecule has 17 heavy (non-hydrogen) atoms. The highest BCUT2D eigenvalue weighted by molar-refractivity contribution is 5.25. The highest BCUT2D eigenvalue weighted by Crippen LogP contribution is 2.17. The van der Waals surface area contributed by atoms with Crippen LogP contribution in [0.15, 0.2) is 48.8 Å². The molecule has 0 fully saturated rings. The minimum atomic E-state index is 0.107. The first-order valence-electron chi connectivity index (χ1n) is 5.97. The van der Waals surface area contributed by atoms with Crippen LogP contribution in [0.5, 0.6) is 0 Å². The molecule has 1 unspecified atom stereocenters. The minimum Gasteiger partial charge on any atom is -0.324 e. The first kappa shape index (κ1) is 11.8. The number of hydrogen-bond donors (Lipinski definition) is 1. The van der Waals surface area contributed by atoms with Gasteiger partial charge in [0.25, 0.3) is 0 Å². The van der Waals surface area contributed by atoms with Crippen molar-refractivity contribution in [2.45, 2.75) is 25.8 Å². The van der Waals surface area contributed by atoms with Gasteiger partial charge in [0.15, 0.2) is 0 Å². The Labute approximate surface area is 103 Å². The molecule has 88 valence electrons. The van der Waals surface area contributed by atoms with E-state index < -0.39 is 0 Å². The van der Waals surface area contributed by atoms with Crippen LogP contribution in [0.3, 0.4) is 0 Å². The van der Waals surface area contributed by atoms with E-state index in [2.05, 4.69) is 42.2 Å². The maximum Gasteiger partial charge on any atom is 0.0299 e. The number of nitrogens with zero attached hydrogens (tertiary/aromatic N) is 1. The average molecular weight is 226 g/mol. The first-order chi connectivity index (χ1) is 8.25. The van der Waals surface area contributed by atoms with E-state index >= 15 is 0 Å². The van der Waals surface area contributed by atoms with Crippen LogP contribution in [0.25, 0.3) is 0 Å². The summed E-state index contributed by atoms with van der Waals surface area (Å²) in [6.45, 7) is 2.09. The van der Waals surface area contributed by atoms with Gasteiger partial charge in [-0.05, 0) is 37.0 Å². The van der Waals surface area contributed by atoms with E-state index in [1.807, 2.05) is 12.3 Å². The monoisotopic (exact) mass is 226 g/mol. The molecule has 0 radical (unpaired) electrons. The number of pyridine rings is 1. The Morgan fingerprint density at radius 2 is 2.12 bits per heavy atom. The van der Waals surface area contributed by atoms with Crippen LogP contribution in [-0.2, 0) is 6.42 Å². The zero-order valence-corrected chi connectivity index (χ0v) is 10.1. The Balaban J connectivity index is 1.96. The lowest BCUT2D eigenvalue weighted by atomic mass is 9.99. The molecular formula is C15H18N2. The fourth-order valence-corrected chi connectivity index (χ4v) is 1.94. The molecule has 2 aromatic rings. The summed E-state index contributed by atoms with van der Waals surface area (Å²) in [5.41, 5.74) is 9.92. The molecule has 1 heterocycles. The van der Waals surface area contributed by atoms with Crippen LogP contribution < -0.4 is 5.73 Å². The van der Waals surface area contributed by atoms with E-state index in [0.717, 1.165) is 12.8 Å². The number of aromatic nitrogens is 1. The molecule has 2 nitrogen and oxygen atoms in total. The van der Waals surface area contributed by atoms with Crippen molar-refractivity contribution in [2.75, 3.05) is 0 Å². The zero-order valence-electron chi connectivity index (χ0n) is 10.1. The third-order valence-corrected chi connectivity index (χ3v) is 2.94. The highest BCUT2D eigenvalue weighted by Gasteiger charge is 2.06. The van der Waals surface area contributed by atoms with Crippen molar-refractivity contribution in [3.63, 3.8) is 0 Å². The third-order valence-electron chi connectivity index (χ3n) is 2.94. The number of nitrogens with two attached hydrogens (primary N) is 1. The van der Waals surface area contributed by atoms with Crippen molar-refractivity contribution in [2.24, 2.45) is 5.73 Å².